The first-order chi connectivity index (χ1) is 14.7. The van der Waals surface area contributed by atoms with Crippen molar-refractivity contribution in [1.82, 2.24) is 9.97 Å². The lowest BCUT2D eigenvalue weighted by Gasteiger charge is -2.15. The second-order valence-electron chi connectivity index (χ2n) is 6.91. The van der Waals surface area contributed by atoms with Crippen LogP contribution in [0.1, 0.15) is 37.3 Å². The highest BCUT2D eigenvalue weighted by molar-refractivity contribution is 5.70. The number of nitrogens with zero attached hydrogens (tertiary/aromatic N) is 3. The molecule has 3 rings (SSSR count). The number of nitrogens with one attached hydrogen (secondary N) is 2. The van der Waals surface area contributed by atoms with Crippen molar-refractivity contribution in [2.75, 3.05) is 10.6 Å². The highest BCUT2D eigenvalue weighted by Crippen LogP contribution is 2.37. The van der Waals surface area contributed by atoms with Crippen LogP contribution in [0.4, 0.5) is 42.0 Å². The summed E-state index contributed by atoms with van der Waals surface area (Å²) in [5, 5.41) is 16.5. The Hall–Kier alpha value is -3.69. The van der Waals surface area contributed by atoms with Gasteiger partial charge in [-0.2, -0.15) is 18.2 Å². The number of nitro benzene ring substituents is 1. The van der Waals surface area contributed by atoms with Gasteiger partial charge in [-0.25, -0.2) is 4.98 Å². The molecule has 7 nitrogen and oxygen atoms in total. The van der Waals surface area contributed by atoms with Gasteiger partial charge in [-0.05, 0) is 36.1 Å². The fourth-order valence-electron chi connectivity index (χ4n) is 2.87. The van der Waals surface area contributed by atoms with Crippen molar-refractivity contribution in [2.45, 2.75) is 32.4 Å². The maximum absolute atomic E-state index is 13.4. The van der Waals surface area contributed by atoms with Gasteiger partial charge in [-0.15, -0.1) is 0 Å². The number of benzene rings is 2. The monoisotopic (exact) mass is 431 g/mol. The minimum atomic E-state index is -4.75. The van der Waals surface area contributed by atoms with Crippen LogP contribution in [0, 0.1) is 10.1 Å². The summed E-state index contributed by atoms with van der Waals surface area (Å²) in [5.74, 6) is -0.283. The van der Waals surface area contributed by atoms with Crippen LogP contribution >= 0.6 is 0 Å². The molecular weight excluding hydrogens is 411 g/mol. The summed E-state index contributed by atoms with van der Waals surface area (Å²) in [4.78, 5) is 18.2. The molecule has 0 amide bonds. The first-order valence-electron chi connectivity index (χ1n) is 9.50. The van der Waals surface area contributed by atoms with Crippen molar-refractivity contribution in [3.8, 4) is 0 Å². The third-order valence-electron chi connectivity index (χ3n) is 4.80. The SMILES string of the molecule is CCC(C)c1ccc(Nc2ncc(C(F)(F)F)c(Nc3ccccc3[N+](=O)[O-])n2)cc1. The van der Waals surface area contributed by atoms with Gasteiger partial charge in [-0.1, -0.05) is 38.1 Å². The van der Waals surface area contributed by atoms with Gasteiger partial charge >= 0.3 is 6.18 Å². The van der Waals surface area contributed by atoms with E-state index in [-0.39, 0.29) is 17.3 Å². The molecule has 162 valence electrons. The summed E-state index contributed by atoms with van der Waals surface area (Å²) in [6, 6.07) is 12.8. The third kappa shape index (κ3) is 5.27. The van der Waals surface area contributed by atoms with Gasteiger partial charge in [0, 0.05) is 18.0 Å². The number of alkyl halides is 3. The average molecular weight is 431 g/mol. The number of hydrogen-bond donors (Lipinski definition) is 2. The van der Waals surface area contributed by atoms with Crippen LogP contribution in [0.15, 0.2) is 54.7 Å². The molecule has 0 saturated carbocycles. The van der Waals surface area contributed by atoms with E-state index in [0.717, 1.165) is 12.0 Å². The Bertz CT molecular complexity index is 1070. The zero-order valence-corrected chi connectivity index (χ0v) is 16.8. The molecular formula is C21H20F3N5O2. The Kier molecular flexibility index (Phi) is 6.38. The molecule has 0 radical (unpaired) electrons. The van der Waals surface area contributed by atoms with E-state index in [2.05, 4.69) is 34.4 Å². The predicted octanol–water partition coefficient (Wildman–Crippen LogP) is 6.40. The van der Waals surface area contributed by atoms with Gasteiger partial charge in [0.05, 0.1) is 4.92 Å². The first-order valence-corrected chi connectivity index (χ1v) is 9.50. The maximum atomic E-state index is 13.4. The molecule has 0 saturated heterocycles. The Balaban J connectivity index is 1.93. The zero-order valence-electron chi connectivity index (χ0n) is 16.8. The number of para-hydroxylation sites is 2. The van der Waals surface area contributed by atoms with Crippen LogP contribution < -0.4 is 10.6 Å². The molecule has 0 aliphatic carbocycles. The summed E-state index contributed by atoms with van der Waals surface area (Å²) < 4.78 is 40.3. The number of nitro groups is 1. The maximum Gasteiger partial charge on any atom is 0.421 e. The van der Waals surface area contributed by atoms with Crippen molar-refractivity contribution < 1.29 is 18.1 Å². The second-order valence-corrected chi connectivity index (χ2v) is 6.91. The lowest BCUT2D eigenvalue weighted by Crippen LogP contribution is -2.13. The molecule has 1 atom stereocenters. The standard InChI is InChI=1S/C21H20F3N5O2/c1-3-13(2)14-8-10-15(11-9-14)26-20-25-12-16(21(22,23)24)19(28-20)27-17-6-4-5-7-18(17)29(30)31/h4-13H,3H2,1-2H3,(H2,25,26,27,28). The largest absolute Gasteiger partial charge is 0.421 e. The summed E-state index contributed by atoms with van der Waals surface area (Å²) in [6.45, 7) is 4.18. The van der Waals surface area contributed by atoms with Crippen LogP contribution in [-0.4, -0.2) is 14.9 Å². The summed E-state index contributed by atoms with van der Waals surface area (Å²) in [7, 11) is 0. The molecule has 0 bridgehead atoms. The van der Waals surface area contributed by atoms with Crippen LogP contribution in [0.25, 0.3) is 0 Å². The van der Waals surface area contributed by atoms with Crippen molar-refractivity contribution in [2.24, 2.45) is 0 Å². The fraction of sp³-hybridized carbons (Fsp3) is 0.238. The molecule has 1 unspecified atom stereocenters. The van der Waals surface area contributed by atoms with E-state index in [1.54, 1.807) is 12.1 Å². The molecule has 2 N–H and O–H groups in total. The molecule has 1 heterocycles. The van der Waals surface area contributed by atoms with Crippen LogP contribution in [0.3, 0.4) is 0 Å². The molecule has 10 heteroatoms. The minimum Gasteiger partial charge on any atom is -0.334 e. The highest BCUT2D eigenvalue weighted by atomic mass is 19.4. The molecule has 2 aromatic carbocycles. The zero-order chi connectivity index (χ0) is 22.6. The molecule has 31 heavy (non-hydrogen) atoms. The molecule has 0 aliphatic heterocycles. The van der Waals surface area contributed by atoms with Gasteiger partial charge in [-0.3, -0.25) is 10.1 Å². The van der Waals surface area contributed by atoms with Crippen molar-refractivity contribution in [3.05, 3.63) is 76.0 Å². The van der Waals surface area contributed by atoms with E-state index in [1.165, 1.54) is 24.3 Å². The molecule has 1 aromatic heterocycles. The number of hydrogen-bond acceptors (Lipinski definition) is 6. The van der Waals surface area contributed by atoms with E-state index in [9.17, 15) is 23.3 Å². The van der Waals surface area contributed by atoms with Gasteiger partial charge in [0.2, 0.25) is 5.95 Å². The normalized spacial score (nSPS) is 12.3. The van der Waals surface area contributed by atoms with Gasteiger partial charge in [0.1, 0.15) is 17.1 Å². The quantitative estimate of drug-likeness (QED) is 0.332. The Morgan fingerprint density at radius 3 is 2.39 bits per heavy atom. The minimum absolute atomic E-state index is 0.0784. The highest BCUT2D eigenvalue weighted by Gasteiger charge is 2.36. The summed E-state index contributed by atoms with van der Waals surface area (Å²) >= 11 is 0. The van der Waals surface area contributed by atoms with E-state index < -0.39 is 22.5 Å². The lowest BCUT2D eigenvalue weighted by molar-refractivity contribution is -0.383. The van der Waals surface area contributed by atoms with E-state index in [0.29, 0.717) is 17.8 Å². The first kappa shape index (κ1) is 22.0. The lowest BCUT2D eigenvalue weighted by atomic mass is 9.99. The number of halogens is 3. The molecule has 0 spiro atoms. The topological polar surface area (TPSA) is 93.0 Å². The van der Waals surface area contributed by atoms with Gasteiger partial charge in [0.15, 0.2) is 0 Å². The number of rotatable bonds is 7. The number of aromatic nitrogens is 2. The smallest absolute Gasteiger partial charge is 0.334 e. The Morgan fingerprint density at radius 1 is 1.10 bits per heavy atom. The van der Waals surface area contributed by atoms with Crippen LogP contribution in [-0.2, 0) is 6.18 Å². The predicted molar refractivity (Wildman–Crippen MR) is 112 cm³/mol. The van der Waals surface area contributed by atoms with E-state index >= 15 is 0 Å². The molecule has 0 aliphatic rings. The Morgan fingerprint density at radius 2 is 1.77 bits per heavy atom. The average Bonchev–Trinajstić information content (AvgIpc) is 2.73. The van der Waals surface area contributed by atoms with E-state index in [1.807, 2.05) is 12.1 Å². The van der Waals surface area contributed by atoms with Crippen molar-refractivity contribution in [3.63, 3.8) is 0 Å². The van der Waals surface area contributed by atoms with Crippen molar-refractivity contribution >= 4 is 28.8 Å². The molecule has 3 aromatic rings. The van der Waals surface area contributed by atoms with Gasteiger partial charge < -0.3 is 10.6 Å². The Labute approximate surface area is 176 Å². The fourth-order valence-corrected chi connectivity index (χ4v) is 2.87. The van der Waals surface area contributed by atoms with E-state index in [4.69, 9.17) is 0 Å². The second kappa shape index (κ2) is 8.99. The summed E-state index contributed by atoms with van der Waals surface area (Å²) in [5.41, 5.74) is 0.122. The molecule has 0 fully saturated rings. The number of anilines is 4. The summed E-state index contributed by atoms with van der Waals surface area (Å²) in [6.07, 6.45) is -3.13. The van der Waals surface area contributed by atoms with Crippen LogP contribution in [0.5, 0.6) is 0 Å². The van der Waals surface area contributed by atoms with Crippen molar-refractivity contribution in [1.29, 1.82) is 0 Å². The van der Waals surface area contributed by atoms with Gasteiger partial charge in [0.25, 0.3) is 5.69 Å². The third-order valence-corrected chi connectivity index (χ3v) is 4.80. The van der Waals surface area contributed by atoms with Crippen LogP contribution in [0.2, 0.25) is 0 Å².